The Kier molecular flexibility index (Phi) is 7.74. The second-order valence-corrected chi connectivity index (χ2v) is 8.59. The zero-order valence-corrected chi connectivity index (χ0v) is 20.9. The molecule has 2 aromatic carbocycles. The van der Waals surface area contributed by atoms with Crippen LogP contribution in [0.1, 0.15) is 6.92 Å². The first kappa shape index (κ1) is 27.8. The van der Waals surface area contributed by atoms with Crippen LogP contribution in [0.15, 0.2) is 33.5 Å². The normalized spacial score (nSPS) is 22.9. The van der Waals surface area contributed by atoms with Crippen molar-refractivity contribution in [3.05, 3.63) is 34.5 Å². The average Bonchev–Trinajstić information content (AvgIpc) is 2.89. The molecule has 39 heavy (non-hydrogen) atoms. The average molecular weight is 550 g/mol. The molecule has 1 fully saturated rings. The van der Waals surface area contributed by atoms with Crippen LogP contribution in [0.4, 0.5) is 0 Å². The number of hydrogen-bond acceptors (Lipinski definition) is 14. The summed E-state index contributed by atoms with van der Waals surface area (Å²) < 4.78 is 32.2. The van der Waals surface area contributed by atoms with Crippen molar-refractivity contribution in [2.24, 2.45) is 0 Å². The van der Waals surface area contributed by atoms with Crippen molar-refractivity contribution in [2.45, 2.75) is 37.6 Å². The second-order valence-electron chi connectivity index (χ2n) is 8.59. The summed E-state index contributed by atoms with van der Waals surface area (Å²) >= 11 is 0. The van der Waals surface area contributed by atoms with Gasteiger partial charge in [0.25, 0.3) is 0 Å². The lowest BCUT2D eigenvalue weighted by Gasteiger charge is -2.39. The number of aliphatic hydroxyl groups excluding tert-OH is 3. The van der Waals surface area contributed by atoms with Gasteiger partial charge in [-0.3, -0.25) is 9.59 Å². The molecule has 4 rings (SSSR count). The molecule has 2 heterocycles. The Morgan fingerprint density at radius 3 is 2.18 bits per heavy atom. The lowest BCUT2D eigenvalue weighted by Crippen LogP contribution is -2.60. The van der Waals surface area contributed by atoms with Crippen molar-refractivity contribution in [2.75, 3.05) is 20.8 Å². The Hall–Kier alpha value is -4.24. The van der Waals surface area contributed by atoms with Crippen molar-refractivity contribution in [3.8, 4) is 45.8 Å². The maximum atomic E-state index is 13.6. The number of methoxy groups -OCH3 is 2. The molecule has 0 spiro atoms. The number of aliphatic hydroxyl groups is 3. The number of phenolic OH excluding ortho intramolecular Hbond substituents is 3. The van der Waals surface area contributed by atoms with Gasteiger partial charge in [0.05, 0.1) is 14.2 Å². The van der Waals surface area contributed by atoms with E-state index in [9.17, 15) is 40.2 Å². The number of benzene rings is 2. The van der Waals surface area contributed by atoms with Crippen LogP contribution >= 0.6 is 0 Å². The van der Waals surface area contributed by atoms with Crippen LogP contribution in [0.2, 0.25) is 0 Å². The molecule has 0 saturated carbocycles. The number of fused-ring (bicyclic) bond motifs is 1. The summed E-state index contributed by atoms with van der Waals surface area (Å²) in [6, 6.07) is 4.52. The molecule has 1 aliphatic heterocycles. The number of carbonyl (C=O) groups excluding carboxylic acids is 1. The van der Waals surface area contributed by atoms with Crippen LogP contribution in [0.25, 0.3) is 22.3 Å². The van der Waals surface area contributed by atoms with E-state index in [1.807, 2.05) is 0 Å². The molecule has 5 atom stereocenters. The molecule has 0 aliphatic carbocycles. The fraction of sp³-hybridized carbons (Fsp3) is 0.360. The number of aromatic hydroxyl groups is 3. The van der Waals surface area contributed by atoms with Gasteiger partial charge in [0.1, 0.15) is 53.5 Å². The first-order chi connectivity index (χ1) is 18.5. The molecular formula is C25H26O14. The molecule has 0 unspecified atom stereocenters. The summed E-state index contributed by atoms with van der Waals surface area (Å²) in [6.07, 6.45) is -8.56. The van der Waals surface area contributed by atoms with Gasteiger partial charge in [-0.2, -0.15) is 0 Å². The van der Waals surface area contributed by atoms with Crippen LogP contribution in [0.3, 0.4) is 0 Å². The molecule has 0 amide bonds. The van der Waals surface area contributed by atoms with E-state index >= 15 is 0 Å². The minimum Gasteiger partial charge on any atom is -0.508 e. The molecule has 3 aromatic rings. The molecule has 14 nitrogen and oxygen atoms in total. The summed E-state index contributed by atoms with van der Waals surface area (Å²) in [4.78, 5) is 24.8. The maximum Gasteiger partial charge on any atom is 0.302 e. The zero-order chi connectivity index (χ0) is 28.6. The Bertz CT molecular complexity index is 1420. The quantitative estimate of drug-likeness (QED) is 0.219. The lowest BCUT2D eigenvalue weighted by atomic mass is 9.99. The molecular weight excluding hydrogens is 524 g/mol. The van der Waals surface area contributed by atoms with E-state index < -0.39 is 71.3 Å². The van der Waals surface area contributed by atoms with Crippen molar-refractivity contribution in [1.82, 2.24) is 0 Å². The molecule has 0 radical (unpaired) electrons. The predicted octanol–water partition coefficient (Wildman–Crippen LogP) is 0.344. The molecule has 1 aliphatic rings. The topological polar surface area (TPSA) is 215 Å². The van der Waals surface area contributed by atoms with Crippen LogP contribution in [-0.4, -0.2) is 88.1 Å². The van der Waals surface area contributed by atoms with E-state index in [2.05, 4.69) is 0 Å². The van der Waals surface area contributed by atoms with Gasteiger partial charge in [0.15, 0.2) is 17.3 Å². The lowest BCUT2D eigenvalue weighted by molar-refractivity contribution is -0.278. The molecule has 1 saturated heterocycles. The Morgan fingerprint density at radius 2 is 1.59 bits per heavy atom. The summed E-state index contributed by atoms with van der Waals surface area (Å²) in [5, 5.41) is 61.4. The van der Waals surface area contributed by atoms with Gasteiger partial charge in [-0.25, -0.2) is 0 Å². The van der Waals surface area contributed by atoms with E-state index in [1.54, 1.807) is 0 Å². The van der Waals surface area contributed by atoms with Crippen LogP contribution in [0, 0.1) is 0 Å². The highest BCUT2D eigenvalue weighted by molar-refractivity contribution is 5.88. The minimum atomic E-state index is -1.89. The van der Waals surface area contributed by atoms with E-state index in [0.29, 0.717) is 0 Å². The summed E-state index contributed by atoms with van der Waals surface area (Å²) in [6.45, 7) is 0.608. The largest absolute Gasteiger partial charge is 0.508 e. The highest BCUT2D eigenvalue weighted by Crippen LogP contribution is 2.44. The predicted molar refractivity (Wildman–Crippen MR) is 130 cm³/mol. The third-order valence-corrected chi connectivity index (χ3v) is 6.01. The van der Waals surface area contributed by atoms with Crippen molar-refractivity contribution < 1.29 is 63.5 Å². The van der Waals surface area contributed by atoms with Crippen LogP contribution in [-0.2, 0) is 14.3 Å². The van der Waals surface area contributed by atoms with Crippen molar-refractivity contribution >= 4 is 16.9 Å². The zero-order valence-electron chi connectivity index (χ0n) is 20.9. The van der Waals surface area contributed by atoms with Gasteiger partial charge >= 0.3 is 5.97 Å². The number of esters is 1. The summed E-state index contributed by atoms with van der Waals surface area (Å²) in [5.41, 5.74) is -1.16. The Labute approximate surface area is 219 Å². The third-order valence-electron chi connectivity index (χ3n) is 6.01. The van der Waals surface area contributed by atoms with Crippen LogP contribution in [0.5, 0.6) is 34.5 Å². The number of carbonyl (C=O) groups is 1. The smallest absolute Gasteiger partial charge is 0.302 e. The first-order valence-corrected chi connectivity index (χ1v) is 11.4. The summed E-state index contributed by atoms with van der Waals surface area (Å²) in [7, 11) is 2.54. The van der Waals surface area contributed by atoms with Gasteiger partial charge in [-0.1, -0.05) is 0 Å². The second kappa shape index (κ2) is 10.9. The molecule has 6 N–H and O–H groups in total. The highest BCUT2D eigenvalue weighted by atomic mass is 16.7. The van der Waals surface area contributed by atoms with Gasteiger partial charge < -0.3 is 58.7 Å². The maximum absolute atomic E-state index is 13.6. The number of rotatable bonds is 7. The van der Waals surface area contributed by atoms with E-state index in [0.717, 1.165) is 19.1 Å². The number of ether oxygens (including phenoxy) is 5. The standard InChI is InChI=1S/C25H26O14/c1-9(26)36-8-16-19(30)21(32)22(33)25(38-16)39-24-20(31)17-12(28)6-11(27)7-13(17)37-23(24)10-4-14(34-2)18(29)15(5-10)35-3/h4-7,16,19,21-22,25,27-30,32-33H,8H2,1-3H3/t16-,19-,21+,22-,25+/m1/s1. The first-order valence-electron chi connectivity index (χ1n) is 11.4. The van der Waals surface area contributed by atoms with E-state index in [-0.39, 0.29) is 34.2 Å². The minimum absolute atomic E-state index is 0.0562. The fourth-order valence-corrected chi connectivity index (χ4v) is 4.06. The van der Waals surface area contributed by atoms with E-state index in [1.165, 1.54) is 26.4 Å². The van der Waals surface area contributed by atoms with Gasteiger partial charge in [0.2, 0.25) is 23.2 Å². The van der Waals surface area contributed by atoms with Crippen LogP contribution < -0.4 is 19.6 Å². The number of phenols is 3. The Morgan fingerprint density at radius 1 is 0.949 bits per heavy atom. The highest BCUT2D eigenvalue weighted by Gasteiger charge is 2.46. The fourth-order valence-electron chi connectivity index (χ4n) is 4.06. The van der Waals surface area contributed by atoms with Gasteiger partial charge in [0, 0.05) is 24.6 Å². The van der Waals surface area contributed by atoms with E-state index in [4.69, 9.17) is 28.1 Å². The SMILES string of the molecule is COc1cc(-c2oc3cc(O)cc(O)c3c(=O)c2O[C@@H]2O[C@H](COC(C)=O)[C@@H](O)[C@H](O)[C@H]2O)cc(OC)c1O. The molecule has 14 heteroatoms. The Balaban J connectivity index is 1.89. The van der Waals surface area contributed by atoms with Crippen molar-refractivity contribution in [3.63, 3.8) is 0 Å². The molecule has 0 bridgehead atoms. The van der Waals surface area contributed by atoms with Gasteiger partial charge in [-0.05, 0) is 12.1 Å². The molecule has 210 valence electrons. The monoisotopic (exact) mass is 550 g/mol. The summed E-state index contributed by atoms with van der Waals surface area (Å²) in [5.74, 6) is -3.24. The molecule has 1 aromatic heterocycles. The van der Waals surface area contributed by atoms with Crippen molar-refractivity contribution in [1.29, 1.82) is 0 Å². The number of hydrogen-bond donors (Lipinski definition) is 6. The third kappa shape index (κ3) is 5.22. The van der Waals surface area contributed by atoms with Gasteiger partial charge in [-0.15, -0.1) is 0 Å².